The van der Waals surface area contributed by atoms with Crippen LogP contribution in [0.25, 0.3) is 0 Å². The number of ether oxygens (including phenoxy) is 4. The first-order valence-electron chi connectivity index (χ1n) is 8.80. The molecule has 0 N–H and O–H groups in total. The molecular weight excluding hydrogens is 401 g/mol. The Kier molecular flexibility index (Phi) is 7.91. The molecule has 0 spiro atoms. The maximum Gasteiger partial charge on any atom is 0.417 e. The molecule has 0 fully saturated rings. The maximum absolute atomic E-state index is 13.6. The first-order valence-corrected chi connectivity index (χ1v) is 8.80. The Morgan fingerprint density at radius 2 is 1.60 bits per heavy atom. The van der Waals surface area contributed by atoms with E-state index in [9.17, 15) is 18.0 Å². The number of carbonyl (C=O) groups is 1. The van der Waals surface area contributed by atoms with E-state index in [0.29, 0.717) is 23.5 Å². The van der Waals surface area contributed by atoms with Gasteiger partial charge in [0, 0.05) is 6.07 Å². The highest BCUT2D eigenvalue weighted by Crippen LogP contribution is 2.35. The highest BCUT2D eigenvalue weighted by atomic mass is 19.4. The van der Waals surface area contributed by atoms with Crippen molar-refractivity contribution in [3.8, 4) is 17.2 Å². The van der Waals surface area contributed by atoms with E-state index in [-0.39, 0.29) is 5.57 Å². The van der Waals surface area contributed by atoms with Crippen LogP contribution in [0.3, 0.4) is 0 Å². The molecule has 8 heteroatoms. The monoisotopic (exact) mass is 422 g/mol. The van der Waals surface area contributed by atoms with Crippen molar-refractivity contribution >= 4 is 5.97 Å². The molecule has 0 radical (unpaired) electrons. The van der Waals surface area contributed by atoms with Gasteiger partial charge in [0.05, 0.1) is 26.1 Å². The fourth-order valence-corrected chi connectivity index (χ4v) is 2.58. The molecule has 0 saturated carbocycles. The first kappa shape index (κ1) is 22.9. The van der Waals surface area contributed by atoms with Crippen LogP contribution in [0.1, 0.15) is 6.92 Å². The summed E-state index contributed by atoms with van der Waals surface area (Å²) in [6.07, 6.45) is -4.11. The fraction of sp³-hybridized carbons (Fsp3) is 0.227. The summed E-state index contributed by atoms with van der Waals surface area (Å²) in [7, 11) is 2.13. The quantitative estimate of drug-likeness (QED) is 0.245. The van der Waals surface area contributed by atoms with Gasteiger partial charge in [0.25, 0.3) is 0 Å². The van der Waals surface area contributed by atoms with E-state index in [0.717, 1.165) is 14.2 Å². The number of methoxy groups -OCH3 is 2. The van der Waals surface area contributed by atoms with Gasteiger partial charge in [-0.1, -0.05) is 24.3 Å². The van der Waals surface area contributed by atoms with Crippen molar-refractivity contribution in [1.82, 2.24) is 0 Å². The highest BCUT2D eigenvalue weighted by Gasteiger charge is 2.41. The maximum atomic E-state index is 13.6. The fourth-order valence-electron chi connectivity index (χ4n) is 2.58. The van der Waals surface area contributed by atoms with Gasteiger partial charge in [0.15, 0.2) is 0 Å². The van der Waals surface area contributed by atoms with E-state index < -0.39 is 29.9 Å². The Morgan fingerprint density at radius 1 is 0.967 bits per heavy atom. The molecule has 0 saturated heterocycles. The van der Waals surface area contributed by atoms with Crippen LogP contribution in [0.4, 0.5) is 13.2 Å². The van der Waals surface area contributed by atoms with Crippen molar-refractivity contribution in [2.75, 3.05) is 20.8 Å². The lowest BCUT2D eigenvalue weighted by Gasteiger charge is -2.18. The molecule has 2 aromatic carbocycles. The zero-order valence-electron chi connectivity index (χ0n) is 16.7. The molecule has 2 aromatic rings. The number of alkyl halides is 3. The van der Waals surface area contributed by atoms with Crippen LogP contribution in [0.15, 0.2) is 77.6 Å². The smallest absolute Gasteiger partial charge is 0.417 e. The van der Waals surface area contributed by atoms with Crippen molar-refractivity contribution in [2.24, 2.45) is 0 Å². The van der Waals surface area contributed by atoms with E-state index in [2.05, 4.69) is 9.47 Å². The highest BCUT2D eigenvalue weighted by molar-refractivity contribution is 5.93. The van der Waals surface area contributed by atoms with Gasteiger partial charge in [-0.05, 0) is 36.8 Å². The summed E-state index contributed by atoms with van der Waals surface area (Å²) in [5.74, 6) is 0.213. The Balaban J connectivity index is 2.24. The average Bonchev–Trinajstić information content (AvgIpc) is 2.71. The summed E-state index contributed by atoms with van der Waals surface area (Å²) in [4.78, 5) is 11.8. The van der Waals surface area contributed by atoms with Crippen LogP contribution >= 0.6 is 0 Å². The van der Waals surface area contributed by atoms with Gasteiger partial charge in [0.1, 0.15) is 29.4 Å². The van der Waals surface area contributed by atoms with Gasteiger partial charge in [-0.3, -0.25) is 0 Å². The number of rotatable bonds is 8. The van der Waals surface area contributed by atoms with E-state index in [4.69, 9.17) is 9.47 Å². The van der Waals surface area contributed by atoms with Crippen molar-refractivity contribution < 1.29 is 36.9 Å². The van der Waals surface area contributed by atoms with Crippen LogP contribution in [-0.4, -0.2) is 33.0 Å². The third-order valence-electron chi connectivity index (χ3n) is 3.86. The van der Waals surface area contributed by atoms with Crippen LogP contribution in [0.2, 0.25) is 0 Å². The second-order valence-electron chi connectivity index (χ2n) is 6.09. The standard InChI is InChI=1S/C22H21F3O5/c1-15(20(22(23,24)25)19(14-27-2)21(26)28-3)13-29-17-10-7-11-18(12-17)30-16-8-5-4-6-9-16/h4-12,14H,13H2,1-3H3. The molecule has 0 atom stereocenters. The summed E-state index contributed by atoms with van der Waals surface area (Å²) < 4.78 is 61.2. The van der Waals surface area contributed by atoms with Gasteiger partial charge in [-0.25, -0.2) is 4.79 Å². The Hall–Kier alpha value is -3.42. The molecule has 30 heavy (non-hydrogen) atoms. The van der Waals surface area contributed by atoms with Gasteiger partial charge < -0.3 is 18.9 Å². The lowest BCUT2D eigenvalue weighted by molar-refractivity contribution is -0.138. The lowest BCUT2D eigenvalue weighted by atomic mass is 10.0. The minimum Gasteiger partial charge on any atom is -0.503 e. The Morgan fingerprint density at radius 3 is 2.20 bits per heavy atom. The average molecular weight is 422 g/mol. The van der Waals surface area contributed by atoms with E-state index >= 15 is 0 Å². The van der Waals surface area contributed by atoms with Crippen LogP contribution in [0.5, 0.6) is 17.2 Å². The van der Waals surface area contributed by atoms with Crippen LogP contribution in [-0.2, 0) is 14.3 Å². The third kappa shape index (κ3) is 6.30. The zero-order chi connectivity index (χ0) is 22.1. The SMILES string of the molecule is COC=C(C(=O)OC)C(=C(C)COc1cccc(Oc2ccccc2)c1)C(F)(F)F. The topological polar surface area (TPSA) is 54.0 Å². The molecule has 160 valence electrons. The van der Waals surface area contributed by atoms with Crippen molar-refractivity contribution in [3.63, 3.8) is 0 Å². The third-order valence-corrected chi connectivity index (χ3v) is 3.86. The zero-order valence-corrected chi connectivity index (χ0v) is 16.7. The normalized spacial score (nSPS) is 12.7. The van der Waals surface area contributed by atoms with E-state index in [1.54, 1.807) is 36.4 Å². The van der Waals surface area contributed by atoms with Crippen molar-refractivity contribution in [1.29, 1.82) is 0 Å². The number of benzene rings is 2. The molecule has 0 bridgehead atoms. The van der Waals surface area contributed by atoms with Gasteiger partial charge >= 0.3 is 12.1 Å². The summed E-state index contributed by atoms with van der Waals surface area (Å²) in [6, 6.07) is 15.5. The molecule has 0 aliphatic rings. The summed E-state index contributed by atoms with van der Waals surface area (Å²) in [6.45, 7) is 0.807. The van der Waals surface area contributed by atoms with Gasteiger partial charge in [0.2, 0.25) is 0 Å². The molecule has 0 aromatic heterocycles. The minimum absolute atomic E-state index is 0.217. The molecule has 0 aliphatic heterocycles. The van der Waals surface area contributed by atoms with Gasteiger partial charge in [-0.15, -0.1) is 0 Å². The number of esters is 1. The molecular formula is C22H21F3O5. The predicted molar refractivity (Wildman–Crippen MR) is 104 cm³/mol. The lowest BCUT2D eigenvalue weighted by Crippen LogP contribution is -2.23. The minimum atomic E-state index is -4.82. The Labute approximate surface area is 172 Å². The summed E-state index contributed by atoms with van der Waals surface area (Å²) in [5, 5.41) is 0. The summed E-state index contributed by atoms with van der Waals surface area (Å²) >= 11 is 0. The van der Waals surface area contributed by atoms with E-state index in [1.165, 1.54) is 6.92 Å². The molecule has 5 nitrogen and oxygen atoms in total. The number of halogens is 3. The second kappa shape index (κ2) is 10.4. The predicted octanol–water partition coefficient (Wildman–Crippen LogP) is 5.44. The number of carbonyl (C=O) groups excluding carboxylic acids is 1. The van der Waals surface area contributed by atoms with Crippen molar-refractivity contribution in [2.45, 2.75) is 13.1 Å². The second-order valence-corrected chi connectivity index (χ2v) is 6.09. The molecule has 0 unspecified atom stereocenters. The first-order chi connectivity index (χ1) is 14.3. The van der Waals surface area contributed by atoms with Crippen LogP contribution < -0.4 is 9.47 Å². The number of hydrogen-bond acceptors (Lipinski definition) is 5. The van der Waals surface area contributed by atoms with Gasteiger partial charge in [-0.2, -0.15) is 13.2 Å². The summed E-state index contributed by atoms with van der Waals surface area (Å²) in [5.41, 5.74) is -2.13. The molecule has 0 heterocycles. The van der Waals surface area contributed by atoms with Crippen molar-refractivity contribution in [3.05, 3.63) is 77.6 Å². The molecule has 2 rings (SSSR count). The number of para-hydroxylation sites is 1. The largest absolute Gasteiger partial charge is 0.503 e. The Bertz CT molecular complexity index is 918. The molecule has 0 amide bonds. The van der Waals surface area contributed by atoms with Crippen LogP contribution in [0, 0.1) is 0 Å². The van der Waals surface area contributed by atoms with E-state index in [1.807, 2.05) is 18.2 Å². The number of hydrogen-bond donors (Lipinski definition) is 0. The molecule has 0 aliphatic carbocycles.